The first-order valence-electron chi connectivity index (χ1n) is 6.21. The van der Waals surface area contributed by atoms with Gasteiger partial charge in [0, 0.05) is 10.6 Å². The van der Waals surface area contributed by atoms with E-state index in [-0.39, 0.29) is 6.04 Å². The second-order valence-electron chi connectivity index (χ2n) is 4.50. The molecule has 2 rings (SSSR count). The van der Waals surface area contributed by atoms with E-state index in [1.54, 1.807) is 0 Å². The summed E-state index contributed by atoms with van der Waals surface area (Å²) in [6, 6.07) is 9.88. The summed E-state index contributed by atoms with van der Waals surface area (Å²) in [5.41, 5.74) is 0.943. The minimum atomic E-state index is -0.193. The Morgan fingerprint density at radius 1 is 1.12 bits per heavy atom. The molecule has 1 aromatic carbocycles. The molecule has 0 radical (unpaired) electrons. The number of hydrogen-bond donors (Lipinski definition) is 0. The molecule has 17 heavy (non-hydrogen) atoms. The Morgan fingerprint density at radius 2 is 1.76 bits per heavy atom. The average Bonchev–Trinajstić information content (AvgIpc) is 2.62. The van der Waals surface area contributed by atoms with Crippen LogP contribution in [-0.2, 0) is 0 Å². The van der Waals surface area contributed by atoms with Gasteiger partial charge in [-0.05, 0) is 32.0 Å². The highest BCUT2D eigenvalue weighted by Gasteiger charge is 2.22. The third kappa shape index (κ3) is 3.00. The lowest BCUT2D eigenvalue weighted by atomic mass is 10.1. The van der Waals surface area contributed by atoms with Crippen LogP contribution < -0.4 is 0 Å². The molecule has 0 unspecified atom stereocenters. The zero-order chi connectivity index (χ0) is 12.1. The van der Waals surface area contributed by atoms with Gasteiger partial charge >= 0.3 is 0 Å². The molecule has 1 fully saturated rings. The number of benzene rings is 1. The van der Waals surface area contributed by atoms with Gasteiger partial charge in [0.15, 0.2) is 0 Å². The summed E-state index contributed by atoms with van der Waals surface area (Å²) in [6.45, 7) is 2.01. The van der Waals surface area contributed by atoms with E-state index in [1.807, 2.05) is 24.3 Å². The van der Waals surface area contributed by atoms with E-state index in [2.05, 4.69) is 11.0 Å². The lowest BCUT2D eigenvalue weighted by molar-refractivity contribution is 0.246. The van der Waals surface area contributed by atoms with E-state index in [4.69, 9.17) is 11.6 Å². The normalized spacial score (nSPS) is 19.3. The highest BCUT2D eigenvalue weighted by Crippen LogP contribution is 2.28. The van der Waals surface area contributed by atoms with Crippen molar-refractivity contribution in [3.63, 3.8) is 0 Å². The zero-order valence-corrected chi connectivity index (χ0v) is 10.7. The Kier molecular flexibility index (Phi) is 4.42. The van der Waals surface area contributed by atoms with Crippen molar-refractivity contribution in [3.05, 3.63) is 34.9 Å². The molecule has 1 aromatic rings. The van der Waals surface area contributed by atoms with Gasteiger partial charge in [0.2, 0.25) is 0 Å². The maximum atomic E-state index is 9.40. The van der Waals surface area contributed by atoms with Crippen molar-refractivity contribution in [1.82, 2.24) is 4.90 Å². The van der Waals surface area contributed by atoms with Gasteiger partial charge in [-0.2, -0.15) is 5.26 Å². The first kappa shape index (κ1) is 12.4. The lowest BCUT2D eigenvalue weighted by Crippen LogP contribution is -2.29. The standard InChI is InChI=1S/C14H17ClN2/c15-13-8-4-3-7-12(13)14(11-16)17-9-5-1-2-6-10-17/h3-4,7-8,14H,1-2,5-6,9-10H2/t14-/m0/s1. The molecule has 0 aliphatic carbocycles. The van der Waals surface area contributed by atoms with Gasteiger partial charge < -0.3 is 0 Å². The first-order valence-corrected chi connectivity index (χ1v) is 6.59. The van der Waals surface area contributed by atoms with E-state index in [0.29, 0.717) is 5.02 Å². The van der Waals surface area contributed by atoms with Crippen molar-refractivity contribution in [1.29, 1.82) is 5.26 Å². The number of nitriles is 1. The van der Waals surface area contributed by atoms with Crippen molar-refractivity contribution >= 4 is 11.6 Å². The Bertz CT molecular complexity index is 403. The highest BCUT2D eigenvalue weighted by molar-refractivity contribution is 6.31. The Morgan fingerprint density at radius 3 is 2.35 bits per heavy atom. The van der Waals surface area contributed by atoms with E-state index in [1.165, 1.54) is 25.7 Å². The number of halogens is 1. The minimum absolute atomic E-state index is 0.193. The Balaban J connectivity index is 2.21. The number of hydrogen-bond acceptors (Lipinski definition) is 2. The Labute approximate surface area is 108 Å². The van der Waals surface area contributed by atoms with Crippen LogP contribution in [0.4, 0.5) is 0 Å². The minimum Gasteiger partial charge on any atom is -0.284 e. The van der Waals surface area contributed by atoms with E-state index in [0.717, 1.165) is 18.7 Å². The molecule has 0 amide bonds. The molecule has 1 aliphatic rings. The molecule has 0 aromatic heterocycles. The van der Waals surface area contributed by atoms with Gasteiger partial charge in [-0.15, -0.1) is 0 Å². The fourth-order valence-electron chi connectivity index (χ4n) is 2.40. The van der Waals surface area contributed by atoms with Crippen molar-refractivity contribution in [3.8, 4) is 6.07 Å². The van der Waals surface area contributed by atoms with Gasteiger partial charge in [-0.3, -0.25) is 4.90 Å². The summed E-state index contributed by atoms with van der Waals surface area (Å²) in [5, 5.41) is 10.1. The summed E-state index contributed by atoms with van der Waals surface area (Å²) < 4.78 is 0. The predicted molar refractivity (Wildman–Crippen MR) is 69.8 cm³/mol. The van der Waals surface area contributed by atoms with Crippen molar-refractivity contribution in [2.45, 2.75) is 31.7 Å². The summed E-state index contributed by atoms with van der Waals surface area (Å²) in [6.07, 6.45) is 4.92. The van der Waals surface area contributed by atoms with Crippen LogP contribution in [0.2, 0.25) is 5.02 Å². The first-order chi connectivity index (χ1) is 8.33. The van der Waals surface area contributed by atoms with E-state index < -0.39 is 0 Å². The predicted octanol–water partition coefficient (Wildman–Crippen LogP) is 3.78. The largest absolute Gasteiger partial charge is 0.284 e. The summed E-state index contributed by atoms with van der Waals surface area (Å²) >= 11 is 6.18. The molecule has 90 valence electrons. The average molecular weight is 249 g/mol. The third-order valence-electron chi connectivity index (χ3n) is 3.33. The monoisotopic (exact) mass is 248 g/mol. The van der Waals surface area contributed by atoms with Gasteiger partial charge in [-0.25, -0.2) is 0 Å². The Hall–Kier alpha value is -1.04. The van der Waals surface area contributed by atoms with Crippen LogP contribution in [0.25, 0.3) is 0 Å². The smallest absolute Gasteiger partial charge is 0.125 e. The third-order valence-corrected chi connectivity index (χ3v) is 3.67. The number of likely N-dealkylation sites (tertiary alicyclic amines) is 1. The van der Waals surface area contributed by atoms with E-state index in [9.17, 15) is 5.26 Å². The maximum absolute atomic E-state index is 9.40. The maximum Gasteiger partial charge on any atom is 0.125 e. The molecule has 2 nitrogen and oxygen atoms in total. The fraction of sp³-hybridized carbons (Fsp3) is 0.500. The van der Waals surface area contributed by atoms with Crippen LogP contribution in [0.1, 0.15) is 37.3 Å². The molecule has 0 N–H and O–H groups in total. The van der Waals surface area contributed by atoms with Crippen molar-refractivity contribution in [2.75, 3.05) is 13.1 Å². The van der Waals surface area contributed by atoms with Crippen LogP contribution >= 0.6 is 11.6 Å². The number of nitrogens with zero attached hydrogens (tertiary/aromatic N) is 2. The second-order valence-corrected chi connectivity index (χ2v) is 4.91. The van der Waals surface area contributed by atoms with Gasteiger partial charge in [0.25, 0.3) is 0 Å². The van der Waals surface area contributed by atoms with Crippen LogP contribution in [0.5, 0.6) is 0 Å². The van der Waals surface area contributed by atoms with Crippen molar-refractivity contribution < 1.29 is 0 Å². The van der Waals surface area contributed by atoms with Gasteiger partial charge in [0.05, 0.1) is 6.07 Å². The molecule has 0 bridgehead atoms. The molecular weight excluding hydrogens is 232 g/mol. The molecule has 3 heteroatoms. The molecule has 1 heterocycles. The van der Waals surface area contributed by atoms with Crippen LogP contribution in [0.15, 0.2) is 24.3 Å². The number of rotatable bonds is 2. The topological polar surface area (TPSA) is 27.0 Å². The van der Waals surface area contributed by atoms with Crippen LogP contribution in [0.3, 0.4) is 0 Å². The SMILES string of the molecule is N#C[C@@H](c1ccccc1Cl)N1CCCCCC1. The molecule has 1 aliphatic heterocycles. The van der Waals surface area contributed by atoms with Gasteiger partial charge in [0.1, 0.15) is 6.04 Å². The summed E-state index contributed by atoms with van der Waals surface area (Å²) in [4.78, 5) is 2.26. The zero-order valence-electron chi connectivity index (χ0n) is 9.90. The molecular formula is C14H17ClN2. The van der Waals surface area contributed by atoms with Crippen LogP contribution in [-0.4, -0.2) is 18.0 Å². The fourth-order valence-corrected chi connectivity index (χ4v) is 2.64. The van der Waals surface area contributed by atoms with Crippen molar-refractivity contribution in [2.24, 2.45) is 0 Å². The lowest BCUT2D eigenvalue weighted by Gasteiger charge is -2.26. The molecule has 1 saturated heterocycles. The van der Waals surface area contributed by atoms with E-state index >= 15 is 0 Å². The molecule has 1 atom stereocenters. The second kappa shape index (κ2) is 6.05. The molecule has 0 spiro atoms. The quantitative estimate of drug-likeness (QED) is 0.797. The van der Waals surface area contributed by atoms with Gasteiger partial charge in [-0.1, -0.05) is 42.6 Å². The molecule has 0 saturated carbocycles. The van der Waals surface area contributed by atoms with Crippen LogP contribution in [0, 0.1) is 11.3 Å². The summed E-state index contributed by atoms with van der Waals surface area (Å²) in [7, 11) is 0. The summed E-state index contributed by atoms with van der Waals surface area (Å²) in [5.74, 6) is 0. The highest BCUT2D eigenvalue weighted by atomic mass is 35.5.